The molecular formula is C28H57AlO. The van der Waals surface area contributed by atoms with E-state index < -0.39 is 14.5 Å². The van der Waals surface area contributed by atoms with Crippen LogP contribution in [0, 0.1) is 0 Å². The van der Waals surface area contributed by atoms with E-state index >= 15 is 0 Å². The number of rotatable bonds is 25. The van der Waals surface area contributed by atoms with Crippen molar-refractivity contribution in [1.29, 1.82) is 0 Å². The second-order valence-corrected chi connectivity index (χ2v) is 12.2. The van der Waals surface area contributed by atoms with Gasteiger partial charge in [0.2, 0.25) is 0 Å². The van der Waals surface area contributed by atoms with Crippen molar-refractivity contribution in [2.45, 2.75) is 160 Å². The van der Waals surface area contributed by atoms with Crippen molar-refractivity contribution in [2.24, 2.45) is 0 Å². The summed E-state index contributed by atoms with van der Waals surface area (Å²) in [7, 11) is 0. The molecule has 0 unspecified atom stereocenters. The van der Waals surface area contributed by atoms with Crippen molar-refractivity contribution < 1.29 is 3.79 Å². The van der Waals surface area contributed by atoms with Crippen LogP contribution in [0.25, 0.3) is 0 Å². The van der Waals surface area contributed by atoms with Gasteiger partial charge in [0, 0.05) is 6.61 Å². The van der Waals surface area contributed by atoms with Crippen LogP contribution < -0.4 is 0 Å². The second-order valence-electron chi connectivity index (χ2n) is 9.42. The first kappa shape index (κ1) is 30.2. The van der Waals surface area contributed by atoms with Gasteiger partial charge in [-0.25, -0.2) is 0 Å². The van der Waals surface area contributed by atoms with Gasteiger partial charge in [0.25, 0.3) is 0 Å². The number of hydrogen-bond donors (Lipinski definition) is 0. The van der Waals surface area contributed by atoms with E-state index in [2.05, 4.69) is 32.9 Å². The Balaban J connectivity index is 3.83. The number of unbranched alkanes of at least 4 members (excludes halogenated alkanes) is 16. The molecule has 30 heavy (non-hydrogen) atoms. The molecule has 0 heterocycles. The summed E-state index contributed by atoms with van der Waals surface area (Å²) in [5.41, 5.74) is 0. The lowest BCUT2D eigenvalue weighted by Gasteiger charge is -2.13. The molecular weight excluding hydrogens is 379 g/mol. The molecule has 0 saturated heterocycles. The molecule has 0 spiro atoms. The van der Waals surface area contributed by atoms with Gasteiger partial charge in [0.05, 0.1) is 0 Å². The van der Waals surface area contributed by atoms with Crippen molar-refractivity contribution in [3.63, 3.8) is 0 Å². The summed E-state index contributed by atoms with van der Waals surface area (Å²) < 4.78 is 6.46. The van der Waals surface area contributed by atoms with Gasteiger partial charge in [0.15, 0.2) is 0 Å². The van der Waals surface area contributed by atoms with Crippen LogP contribution in [0.2, 0.25) is 10.6 Å². The van der Waals surface area contributed by atoms with Crippen LogP contribution in [0.15, 0.2) is 12.2 Å². The van der Waals surface area contributed by atoms with E-state index in [0.717, 1.165) is 13.0 Å². The summed E-state index contributed by atoms with van der Waals surface area (Å²) in [5, 5.41) is 2.84. The van der Waals surface area contributed by atoms with Gasteiger partial charge < -0.3 is 3.79 Å². The predicted octanol–water partition coefficient (Wildman–Crippen LogP) is 10.4. The van der Waals surface area contributed by atoms with Crippen molar-refractivity contribution in [3.05, 3.63) is 12.2 Å². The topological polar surface area (TPSA) is 9.23 Å². The first-order chi connectivity index (χ1) is 14.8. The SMILES string of the molecule is CCCCCCCCC=CCC[O][Al]([CH2]CCCCCCC)[CH2]CCCCCCC. The standard InChI is InChI=1S/C12H23O.2C8H17.Al/c1-2-3-4-5-6-7-8-9-10-11-12-13;2*1-3-5-7-8-6-4-2;/h9-10H,2-8,11-12H2,1H3;2*1,3-8H2,2H3;/q-1;;;+1. The van der Waals surface area contributed by atoms with E-state index in [1.165, 1.54) is 133 Å². The molecule has 0 saturated carbocycles. The normalized spacial score (nSPS) is 11.6. The van der Waals surface area contributed by atoms with Crippen LogP contribution in [0.5, 0.6) is 0 Å². The summed E-state index contributed by atoms with van der Waals surface area (Å²) in [5.74, 6) is 0. The van der Waals surface area contributed by atoms with Crippen molar-refractivity contribution in [3.8, 4) is 0 Å². The molecule has 0 aliphatic heterocycles. The molecule has 0 aromatic carbocycles. The zero-order valence-electron chi connectivity index (χ0n) is 21.4. The molecule has 2 heteroatoms. The van der Waals surface area contributed by atoms with Crippen LogP contribution in [0.4, 0.5) is 0 Å². The first-order valence-electron chi connectivity index (χ1n) is 14.1. The Labute approximate surface area is 196 Å². The summed E-state index contributed by atoms with van der Waals surface area (Å²) in [4.78, 5) is 0. The Kier molecular flexibility index (Phi) is 27.5. The smallest absolute Gasteiger partial charge is 0.460 e. The van der Waals surface area contributed by atoms with E-state index in [9.17, 15) is 0 Å². The molecule has 0 N–H and O–H groups in total. The van der Waals surface area contributed by atoms with Gasteiger partial charge in [-0.3, -0.25) is 0 Å². The quantitative estimate of drug-likeness (QED) is 0.0785. The average molecular weight is 437 g/mol. The van der Waals surface area contributed by atoms with Crippen molar-refractivity contribution >= 4 is 14.5 Å². The maximum atomic E-state index is 6.46. The highest BCUT2D eigenvalue weighted by molar-refractivity contribution is 6.51. The van der Waals surface area contributed by atoms with Gasteiger partial charge in [-0.2, -0.15) is 0 Å². The van der Waals surface area contributed by atoms with E-state index in [1.807, 2.05) is 0 Å². The lowest BCUT2D eigenvalue weighted by molar-refractivity contribution is 0.322. The zero-order chi connectivity index (χ0) is 22.0. The van der Waals surface area contributed by atoms with Crippen molar-refractivity contribution in [2.75, 3.05) is 6.61 Å². The molecule has 0 atom stereocenters. The molecule has 0 amide bonds. The Morgan fingerprint density at radius 1 is 0.467 bits per heavy atom. The molecule has 0 fully saturated rings. The molecule has 0 aromatic heterocycles. The molecule has 1 nitrogen and oxygen atoms in total. The largest absolute Gasteiger partial charge is 0.500 e. The molecule has 0 aliphatic rings. The van der Waals surface area contributed by atoms with E-state index in [0.29, 0.717) is 0 Å². The van der Waals surface area contributed by atoms with E-state index in [4.69, 9.17) is 3.79 Å². The lowest BCUT2D eigenvalue weighted by Crippen LogP contribution is -2.18. The Bertz CT molecular complexity index is 313. The third-order valence-corrected chi connectivity index (χ3v) is 9.10. The molecule has 0 rings (SSSR count). The first-order valence-corrected chi connectivity index (χ1v) is 16.2. The highest BCUT2D eigenvalue weighted by atomic mass is 27.2. The fourth-order valence-electron chi connectivity index (χ4n) is 4.20. The summed E-state index contributed by atoms with van der Waals surface area (Å²) >= 11 is -0.967. The van der Waals surface area contributed by atoms with Gasteiger partial charge in [-0.05, 0) is 19.3 Å². The maximum Gasteiger partial charge on any atom is 0.460 e. The van der Waals surface area contributed by atoms with Crippen LogP contribution in [-0.2, 0) is 3.79 Å². The minimum atomic E-state index is -0.967. The Hall–Kier alpha value is 0.232. The minimum absolute atomic E-state index is 0.967. The van der Waals surface area contributed by atoms with Gasteiger partial charge in [-0.1, -0.05) is 153 Å². The Morgan fingerprint density at radius 2 is 0.867 bits per heavy atom. The molecule has 178 valence electrons. The summed E-state index contributed by atoms with van der Waals surface area (Å²) in [6.45, 7) is 7.88. The second kappa shape index (κ2) is 27.3. The third kappa shape index (κ3) is 24.5. The lowest BCUT2D eigenvalue weighted by atomic mass is 10.1. The fraction of sp³-hybridized carbons (Fsp3) is 0.929. The predicted molar refractivity (Wildman–Crippen MR) is 140 cm³/mol. The average Bonchev–Trinajstić information content (AvgIpc) is 2.76. The molecule has 0 bridgehead atoms. The van der Waals surface area contributed by atoms with Crippen molar-refractivity contribution in [1.82, 2.24) is 0 Å². The monoisotopic (exact) mass is 436 g/mol. The van der Waals surface area contributed by atoms with Crippen LogP contribution in [0.1, 0.15) is 149 Å². The highest BCUT2D eigenvalue weighted by Gasteiger charge is 2.19. The highest BCUT2D eigenvalue weighted by Crippen LogP contribution is 2.16. The molecule has 0 radical (unpaired) electrons. The number of hydrogen-bond acceptors (Lipinski definition) is 1. The fourth-order valence-corrected chi connectivity index (χ4v) is 6.78. The number of allylic oxidation sites excluding steroid dienone is 1. The van der Waals surface area contributed by atoms with Crippen LogP contribution >= 0.6 is 0 Å². The van der Waals surface area contributed by atoms with Gasteiger partial charge >= 0.3 is 14.5 Å². The minimum Gasteiger partial charge on any atom is -0.500 e. The van der Waals surface area contributed by atoms with Gasteiger partial charge in [-0.15, -0.1) is 0 Å². The maximum absolute atomic E-state index is 6.46. The summed E-state index contributed by atoms with van der Waals surface area (Å²) in [6, 6.07) is 0. The van der Waals surface area contributed by atoms with E-state index in [1.54, 1.807) is 0 Å². The molecule has 0 aromatic rings. The summed E-state index contributed by atoms with van der Waals surface area (Å²) in [6.07, 6.45) is 32.6. The van der Waals surface area contributed by atoms with Gasteiger partial charge in [0.1, 0.15) is 0 Å². The third-order valence-electron chi connectivity index (χ3n) is 6.29. The van der Waals surface area contributed by atoms with Crippen LogP contribution in [-0.4, -0.2) is 21.1 Å². The zero-order valence-corrected chi connectivity index (χ0v) is 22.6. The van der Waals surface area contributed by atoms with E-state index in [-0.39, 0.29) is 0 Å². The molecule has 0 aliphatic carbocycles. The Morgan fingerprint density at radius 3 is 1.37 bits per heavy atom. The van der Waals surface area contributed by atoms with Crippen LogP contribution in [0.3, 0.4) is 0 Å².